The summed E-state index contributed by atoms with van der Waals surface area (Å²) in [6.45, 7) is 0. The first-order valence-electron chi connectivity index (χ1n) is 12.9. The highest BCUT2D eigenvalue weighted by molar-refractivity contribution is 6.05. The van der Waals surface area contributed by atoms with Crippen molar-refractivity contribution in [3.05, 3.63) is 121 Å². The quantitative estimate of drug-likeness (QED) is 0.181. The number of halogens is 1. The van der Waals surface area contributed by atoms with Crippen molar-refractivity contribution in [1.29, 1.82) is 0 Å². The third-order valence-corrected chi connectivity index (χ3v) is 7.04. The molecule has 7 nitrogen and oxygen atoms in total. The lowest BCUT2D eigenvalue weighted by molar-refractivity contribution is 0.102. The maximum Gasteiger partial charge on any atom is 0.255 e. The standard InChI is InChI=1S/C33H22FN5O2/c34-23-11-21(13-25(40)15-23)26-7-4-8-29-27(26)16-31(37-29)32-28-14-20(9-10-30(28)38-39-32)22-12-24(18-35-17-22)36-33(41)19-5-2-1-3-6-19/h1-18,37,40H,(H,36,41)(H,38,39). The van der Waals surface area contributed by atoms with Crippen molar-refractivity contribution < 1.29 is 14.3 Å². The van der Waals surface area contributed by atoms with Gasteiger partial charge in [-0.05, 0) is 71.3 Å². The van der Waals surface area contributed by atoms with Crippen molar-refractivity contribution in [2.45, 2.75) is 0 Å². The molecule has 0 radical (unpaired) electrons. The summed E-state index contributed by atoms with van der Waals surface area (Å²) in [6.07, 6.45) is 3.37. The van der Waals surface area contributed by atoms with Crippen LogP contribution in [0.2, 0.25) is 0 Å². The van der Waals surface area contributed by atoms with Gasteiger partial charge >= 0.3 is 0 Å². The Hall–Kier alpha value is -5.76. The zero-order chi connectivity index (χ0) is 27.9. The normalized spacial score (nSPS) is 11.2. The first-order chi connectivity index (χ1) is 20.0. The van der Waals surface area contributed by atoms with E-state index in [-0.39, 0.29) is 11.7 Å². The van der Waals surface area contributed by atoms with Gasteiger partial charge in [0, 0.05) is 39.7 Å². The van der Waals surface area contributed by atoms with Crippen LogP contribution in [0.4, 0.5) is 10.1 Å². The maximum absolute atomic E-state index is 14.1. The lowest BCUT2D eigenvalue weighted by atomic mass is 10.0. The number of amides is 1. The van der Waals surface area contributed by atoms with Gasteiger partial charge in [-0.15, -0.1) is 0 Å². The zero-order valence-corrected chi connectivity index (χ0v) is 21.5. The van der Waals surface area contributed by atoms with Crippen molar-refractivity contribution in [3.8, 4) is 39.4 Å². The number of phenols is 1. The van der Waals surface area contributed by atoms with Crippen LogP contribution < -0.4 is 5.32 Å². The van der Waals surface area contributed by atoms with Gasteiger partial charge in [0.2, 0.25) is 0 Å². The number of carbonyl (C=O) groups is 1. The molecule has 0 aliphatic carbocycles. The second-order valence-electron chi connectivity index (χ2n) is 9.76. The molecule has 7 rings (SSSR count). The molecule has 0 aliphatic rings. The molecule has 41 heavy (non-hydrogen) atoms. The van der Waals surface area contributed by atoms with E-state index in [4.69, 9.17) is 0 Å². The van der Waals surface area contributed by atoms with Crippen LogP contribution in [0.25, 0.3) is 55.4 Å². The van der Waals surface area contributed by atoms with E-state index in [9.17, 15) is 14.3 Å². The average molecular weight is 540 g/mol. The molecular formula is C33H22FN5O2. The number of nitrogens with zero attached hydrogens (tertiary/aromatic N) is 2. The lowest BCUT2D eigenvalue weighted by Gasteiger charge is -2.08. The Kier molecular flexibility index (Phi) is 5.79. The second-order valence-corrected chi connectivity index (χ2v) is 9.76. The second kappa shape index (κ2) is 9.77. The Labute approximate surface area is 233 Å². The van der Waals surface area contributed by atoms with Gasteiger partial charge in [0.15, 0.2) is 0 Å². The SMILES string of the molecule is O=C(Nc1cncc(-c2ccc3[nH]nc(-c4cc5c(-c6cc(O)cc(F)c6)cccc5[nH]4)c3c2)c1)c1ccccc1. The molecular weight excluding hydrogens is 517 g/mol. The molecule has 0 unspecified atom stereocenters. The van der Waals surface area contributed by atoms with E-state index in [1.807, 2.05) is 66.7 Å². The summed E-state index contributed by atoms with van der Waals surface area (Å²) in [5.41, 5.74) is 7.53. The first-order valence-corrected chi connectivity index (χ1v) is 12.9. The van der Waals surface area contributed by atoms with Crippen LogP contribution in [0.15, 0.2) is 109 Å². The number of hydrogen-bond acceptors (Lipinski definition) is 4. The summed E-state index contributed by atoms with van der Waals surface area (Å²) in [4.78, 5) is 20.4. The van der Waals surface area contributed by atoms with E-state index in [1.54, 1.807) is 30.6 Å². The van der Waals surface area contributed by atoms with Gasteiger partial charge in [-0.25, -0.2) is 4.39 Å². The zero-order valence-electron chi connectivity index (χ0n) is 21.5. The number of aromatic amines is 2. The maximum atomic E-state index is 14.1. The number of carbonyl (C=O) groups excluding carboxylic acids is 1. The molecule has 4 aromatic carbocycles. The predicted octanol–water partition coefficient (Wildman–Crippen LogP) is 7.54. The van der Waals surface area contributed by atoms with Crippen LogP contribution in [0, 0.1) is 5.82 Å². The molecule has 0 atom stereocenters. The van der Waals surface area contributed by atoms with Gasteiger partial charge in [0.25, 0.3) is 5.91 Å². The van der Waals surface area contributed by atoms with E-state index in [2.05, 4.69) is 25.5 Å². The molecule has 8 heteroatoms. The molecule has 0 fully saturated rings. The number of fused-ring (bicyclic) bond motifs is 2. The van der Waals surface area contributed by atoms with E-state index < -0.39 is 5.82 Å². The van der Waals surface area contributed by atoms with Gasteiger partial charge in [0.05, 0.1) is 23.1 Å². The minimum atomic E-state index is -0.503. The summed E-state index contributed by atoms with van der Waals surface area (Å²) >= 11 is 0. The highest BCUT2D eigenvalue weighted by Gasteiger charge is 2.15. The number of nitrogens with one attached hydrogen (secondary N) is 3. The third kappa shape index (κ3) is 4.57. The van der Waals surface area contributed by atoms with Gasteiger partial charge in [-0.2, -0.15) is 5.10 Å². The predicted molar refractivity (Wildman–Crippen MR) is 158 cm³/mol. The van der Waals surface area contributed by atoms with Crippen LogP contribution in [0.1, 0.15) is 10.4 Å². The summed E-state index contributed by atoms with van der Waals surface area (Å²) in [5.74, 6) is -0.836. The van der Waals surface area contributed by atoms with E-state index >= 15 is 0 Å². The molecule has 3 heterocycles. The number of hydrogen-bond donors (Lipinski definition) is 4. The Morgan fingerprint density at radius 2 is 1.66 bits per heavy atom. The molecule has 4 N–H and O–H groups in total. The number of H-pyrrole nitrogens is 2. The van der Waals surface area contributed by atoms with E-state index in [0.717, 1.165) is 56.0 Å². The van der Waals surface area contributed by atoms with Crippen LogP contribution in [0.3, 0.4) is 0 Å². The monoisotopic (exact) mass is 539 g/mol. The highest BCUT2D eigenvalue weighted by Crippen LogP contribution is 2.36. The topological polar surface area (TPSA) is 107 Å². The number of benzene rings is 4. The van der Waals surface area contributed by atoms with Crippen LogP contribution >= 0.6 is 0 Å². The number of pyridine rings is 1. The minimum Gasteiger partial charge on any atom is -0.508 e. The largest absolute Gasteiger partial charge is 0.508 e. The molecule has 0 spiro atoms. The van der Waals surface area contributed by atoms with Crippen molar-refractivity contribution in [2.75, 3.05) is 5.32 Å². The number of rotatable bonds is 5. The van der Waals surface area contributed by atoms with Crippen molar-refractivity contribution in [1.82, 2.24) is 20.2 Å². The van der Waals surface area contributed by atoms with Gasteiger partial charge in [0.1, 0.15) is 17.3 Å². The van der Waals surface area contributed by atoms with E-state index in [0.29, 0.717) is 16.8 Å². The third-order valence-electron chi connectivity index (χ3n) is 7.04. The number of phenolic OH excluding ortho intramolecular Hbond substituents is 1. The van der Waals surface area contributed by atoms with E-state index in [1.165, 1.54) is 6.07 Å². The molecule has 0 saturated heterocycles. The molecule has 0 aliphatic heterocycles. The first kappa shape index (κ1) is 24.3. The molecule has 7 aromatic rings. The minimum absolute atomic E-state index is 0.128. The van der Waals surface area contributed by atoms with Crippen molar-refractivity contribution in [2.24, 2.45) is 0 Å². The number of aromatic hydroxyl groups is 1. The Morgan fingerprint density at radius 3 is 2.51 bits per heavy atom. The fourth-order valence-electron chi connectivity index (χ4n) is 5.12. The number of aromatic nitrogens is 4. The van der Waals surface area contributed by atoms with Crippen LogP contribution in [-0.2, 0) is 0 Å². The summed E-state index contributed by atoms with van der Waals surface area (Å²) in [5, 5.41) is 22.3. The molecule has 198 valence electrons. The van der Waals surface area contributed by atoms with Crippen LogP contribution in [-0.4, -0.2) is 31.2 Å². The Morgan fingerprint density at radius 1 is 0.780 bits per heavy atom. The Bertz CT molecular complexity index is 2060. The van der Waals surface area contributed by atoms with Crippen molar-refractivity contribution in [3.63, 3.8) is 0 Å². The Balaban J connectivity index is 1.25. The molecule has 0 saturated carbocycles. The lowest BCUT2D eigenvalue weighted by Crippen LogP contribution is -2.11. The van der Waals surface area contributed by atoms with Crippen LogP contribution in [0.5, 0.6) is 5.75 Å². The smallest absolute Gasteiger partial charge is 0.255 e. The molecule has 1 amide bonds. The highest BCUT2D eigenvalue weighted by atomic mass is 19.1. The number of anilines is 1. The van der Waals surface area contributed by atoms with Crippen molar-refractivity contribution >= 4 is 33.4 Å². The van der Waals surface area contributed by atoms with Gasteiger partial charge < -0.3 is 15.4 Å². The molecule has 3 aromatic heterocycles. The summed E-state index contributed by atoms with van der Waals surface area (Å²) in [7, 11) is 0. The fourth-order valence-corrected chi connectivity index (χ4v) is 5.12. The molecule has 0 bridgehead atoms. The van der Waals surface area contributed by atoms with Gasteiger partial charge in [-0.3, -0.25) is 14.9 Å². The average Bonchev–Trinajstić information content (AvgIpc) is 3.61. The summed E-state index contributed by atoms with van der Waals surface area (Å²) < 4.78 is 14.1. The summed E-state index contributed by atoms with van der Waals surface area (Å²) in [6, 6.07) is 28.6. The van der Waals surface area contributed by atoms with Gasteiger partial charge in [-0.1, -0.05) is 36.4 Å². The fraction of sp³-hybridized carbons (Fsp3) is 0.